The lowest BCUT2D eigenvalue weighted by molar-refractivity contribution is -0.413. The molecule has 6 heteroatoms. The van der Waals surface area contributed by atoms with Gasteiger partial charge in [0.25, 0.3) is 0 Å². The monoisotopic (exact) mass is 474 g/mol. The van der Waals surface area contributed by atoms with E-state index in [9.17, 15) is 0 Å². The predicted octanol–water partition coefficient (Wildman–Crippen LogP) is 5.72. The van der Waals surface area contributed by atoms with E-state index in [-0.39, 0.29) is 34.6 Å². The minimum atomic E-state index is -0.625. The summed E-state index contributed by atoms with van der Waals surface area (Å²) < 4.78 is 24.1. The van der Waals surface area contributed by atoms with Crippen LogP contribution in [0.5, 0.6) is 5.75 Å². The Morgan fingerprint density at radius 1 is 1.09 bits per heavy atom. The molecule has 0 aliphatic carbocycles. The van der Waals surface area contributed by atoms with E-state index in [0.717, 1.165) is 37.2 Å². The summed E-state index contributed by atoms with van der Waals surface area (Å²) in [5, 5.41) is 2.28. The zero-order chi connectivity index (χ0) is 24.8. The molecule has 191 valence electrons. The van der Waals surface area contributed by atoms with Crippen molar-refractivity contribution in [1.29, 1.82) is 0 Å². The highest BCUT2D eigenvalue weighted by Gasteiger charge is 2.63. The lowest BCUT2D eigenvalue weighted by atomic mass is 9.67. The highest BCUT2D eigenvalue weighted by atomic mass is 16.7. The zero-order valence-electron chi connectivity index (χ0n) is 22.2. The van der Waals surface area contributed by atoms with Crippen LogP contribution in [-0.4, -0.2) is 54.5 Å². The number of piperidine rings is 1. The van der Waals surface area contributed by atoms with Crippen LogP contribution in [0.2, 0.25) is 0 Å². The fourth-order valence-electron chi connectivity index (χ4n) is 5.42. The van der Waals surface area contributed by atoms with Gasteiger partial charge in [-0.2, -0.15) is 5.06 Å². The Labute approximate surface area is 206 Å². The largest absolute Gasteiger partial charge is 0.491 e. The number of benzene rings is 1. The lowest BCUT2D eigenvalue weighted by Crippen LogP contribution is -2.73. The molecule has 0 N–H and O–H groups in total. The molecule has 1 aromatic carbocycles. The second-order valence-corrected chi connectivity index (χ2v) is 11.5. The summed E-state index contributed by atoms with van der Waals surface area (Å²) in [6.07, 6.45) is 2.75. The van der Waals surface area contributed by atoms with Crippen LogP contribution in [0.1, 0.15) is 79.4 Å². The van der Waals surface area contributed by atoms with Gasteiger partial charge >= 0.3 is 0 Å². The van der Waals surface area contributed by atoms with Gasteiger partial charge in [0.1, 0.15) is 24.6 Å². The van der Waals surface area contributed by atoms with Crippen molar-refractivity contribution in [3.05, 3.63) is 36.8 Å². The van der Waals surface area contributed by atoms with E-state index < -0.39 is 5.79 Å². The van der Waals surface area contributed by atoms with Crippen LogP contribution in [0, 0.1) is 18.3 Å². The Bertz CT molecular complexity index is 828. The first-order valence-electron chi connectivity index (χ1n) is 12.9. The summed E-state index contributed by atoms with van der Waals surface area (Å²) in [6, 6.07) is 8.22. The number of nitrogens with zero attached hydrogens (tertiary/aromatic N) is 1. The molecule has 1 spiro atoms. The topological polar surface area (TPSA) is 52.7 Å². The van der Waals surface area contributed by atoms with Gasteiger partial charge in [-0.3, -0.25) is 4.84 Å². The average molecular weight is 475 g/mol. The molecule has 3 fully saturated rings. The number of hydrogen-bond donors (Lipinski definition) is 0. The minimum absolute atomic E-state index is 0.102. The summed E-state index contributed by atoms with van der Waals surface area (Å²) in [5.74, 6) is 0.356. The zero-order valence-corrected chi connectivity index (χ0v) is 22.2. The number of epoxide rings is 1. The van der Waals surface area contributed by atoms with E-state index in [4.69, 9.17) is 23.8 Å². The molecule has 4 rings (SSSR count). The Balaban J connectivity index is 1.54. The quantitative estimate of drug-likeness (QED) is 0.449. The molecule has 5 atom stereocenters. The second kappa shape index (κ2) is 9.36. The van der Waals surface area contributed by atoms with E-state index in [1.807, 2.05) is 12.1 Å². The number of hydroxylamine groups is 2. The van der Waals surface area contributed by atoms with E-state index in [1.54, 1.807) is 0 Å². The average Bonchev–Trinajstić information content (AvgIpc) is 3.66. The molecule has 3 aliphatic rings. The van der Waals surface area contributed by atoms with Crippen molar-refractivity contribution in [3.8, 4) is 5.75 Å². The standard InChI is InChI=1S/C28H44NO5/c1-9-26(7)17-28(32-18-25(5,6)19-33-28)21(4)27(8,10-2)29(26)34-20(3)22-11-13-23(14-12-22)30-15-24-16-31-24/h11-14,20-21,24H,5,9-10,15-19H2,1-4,6-8H3. The van der Waals surface area contributed by atoms with E-state index in [2.05, 4.69) is 72.6 Å². The van der Waals surface area contributed by atoms with Crippen molar-refractivity contribution in [3.63, 3.8) is 0 Å². The maximum absolute atomic E-state index is 6.83. The van der Waals surface area contributed by atoms with Gasteiger partial charge < -0.3 is 18.9 Å². The molecule has 1 radical (unpaired) electrons. The summed E-state index contributed by atoms with van der Waals surface area (Å²) in [7, 11) is 0. The molecule has 5 unspecified atom stereocenters. The van der Waals surface area contributed by atoms with Crippen LogP contribution in [-0.2, 0) is 19.0 Å². The first kappa shape index (κ1) is 25.9. The summed E-state index contributed by atoms with van der Waals surface area (Å²) >= 11 is 0. The molecule has 0 saturated carbocycles. The van der Waals surface area contributed by atoms with E-state index in [1.165, 1.54) is 0 Å². The van der Waals surface area contributed by atoms with Gasteiger partial charge in [0, 0.05) is 23.3 Å². The van der Waals surface area contributed by atoms with Crippen molar-refractivity contribution in [2.75, 3.05) is 26.4 Å². The summed E-state index contributed by atoms with van der Waals surface area (Å²) in [6.45, 7) is 22.4. The molecule has 3 saturated heterocycles. The van der Waals surface area contributed by atoms with Crippen molar-refractivity contribution < 1.29 is 23.8 Å². The van der Waals surface area contributed by atoms with Gasteiger partial charge in [-0.1, -0.05) is 39.8 Å². The van der Waals surface area contributed by atoms with Gasteiger partial charge in [0.15, 0.2) is 5.79 Å². The SMILES string of the molecule is [CH2]C1(C)COC2(CC(C)(CC)N(OC(C)c3ccc(OCC4CO4)cc3)C(C)(CC)C2C)OC1. The van der Waals surface area contributed by atoms with Gasteiger partial charge in [0.05, 0.1) is 25.4 Å². The van der Waals surface area contributed by atoms with Crippen LogP contribution in [0.3, 0.4) is 0 Å². The Kier molecular flexibility index (Phi) is 7.13. The molecular weight excluding hydrogens is 430 g/mol. The second-order valence-electron chi connectivity index (χ2n) is 11.5. The molecule has 6 nitrogen and oxygen atoms in total. The highest BCUT2D eigenvalue weighted by molar-refractivity contribution is 5.28. The number of hydrogen-bond acceptors (Lipinski definition) is 6. The minimum Gasteiger partial charge on any atom is -0.491 e. The van der Waals surface area contributed by atoms with E-state index >= 15 is 0 Å². The Morgan fingerprint density at radius 2 is 1.71 bits per heavy atom. The van der Waals surface area contributed by atoms with E-state index in [0.29, 0.717) is 19.8 Å². The third-order valence-corrected chi connectivity index (χ3v) is 8.43. The molecule has 0 aromatic heterocycles. The first-order chi connectivity index (χ1) is 16.0. The van der Waals surface area contributed by atoms with Gasteiger partial charge in [-0.15, -0.1) is 0 Å². The normalized spacial score (nSPS) is 35.8. The van der Waals surface area contributed by atoms with Crippen molar-refractivity contribution in [1.82, 2.24) is 5.06 Å². The number of rotatable bonds is 8. The fourth-order valence-corrected chi connectivity index (χ4v) is 5.42. The van der Waals surface area contributed by atoms with Crippen LogP contribution in [0.15, 0.2) is 24.3 Å². The van der Waals surface area contributed by atoms with Gasteiger partial charge in [0.2, 0.25) is 0 Å². The van der Waals surface area contributed by atoms with Crippen molar-refractivity contribution in [2.24, 2.45) is 11.3 Å². The van der Waals surface area contributed by atoms with Crippen molar-refractivity contribution in [2.45, 2.75) is 96.8 Å². The van der Waals surface area contributed by atoms with Crippen LogP contribution < -0.4 is 4.74 Å². The van der Waals surface area contributed by atoms with Crippen molar-refractivity contribution >= 4 is 0 Å². The Hall–Kier alpha value is -1.18. The smallest absolute Gasteiger partial charge is 0.174 e. The van der Waals surface area contributed by atoms with Gasteiger partial charge in [-0.25, -0.2) is 0 Å². The molecule has 3 heterocycles. The molecule has 3 aliphatic heterocycles. The van der Waals surface area contributed by atoms with Crippen LogP contribution in [0.4, 0.5) is 0 Å². The molecule has 0 bridgehead atoms. The predicted molar refractivity (Wildman–Crippen MR) is 132 cm³/mol. The fraction of sp³-hybridized carbons (Fsp3) is 0.750. The molecular formula is C28H44NO5. The maximum Gasteiger partial charge on any atom is 0.174 e. The lowest BCUT2D eigenvalue weighted by Gasteiger charge is -2.64. The summed E-state index contributed by atoms with van der Waals surface area (Å²) in [5.41, 5.74) is 0.408. The third kappa shape index (κ3) is 4.90. The first-order valence-corrected chi connectivity index (χ1v) is 12.9. The number of ether oxygens (including phenoxy) is 4. The third-order valence-electron chi connectivity index (χ3n) is 8.43. The van der Waals surface area contributed by atoms with Crippen LogP contribution >= 0.6 is 0 Å². The molecule has 0 amide bonds. The highest BCUT2D eigenvalue weighted by Crippen LogP contribution is 2.54. The molecule has 34 heavy (non-hydrogen) atoms. The van der Waals surface area contributed by atoms with Gasteiger partial charge in [-0.05, 0) is 58.2 Å². The molecule has 1 aromatic rings. The summed E-state index contributed by atoms with van der Waals surface area (Å²) in [4.78, 5) is 6.83. The Morgan fingerprint density at radius 3 is 2.24 bits per heavy atom. The van der Waals surface area contributed by atoms with Crippen LogP contribution in [0.25, 0.3) is 0 Å². The maximum atomic E-state index is 6.83.